The Morgan fingerprint density at radius 3 is 2.43 bits per heavy atom. The summed E-state index contributed by atoms with van der Waals surface area (Å²) in [4.78, 5) is 4.59. The van der Waals surface area contributed by atoms with E-state index < -0.39 is 9.84 Å². The van der Waals surface area contributed by atoms with Gasteiger partial charge in [-0.2, -0.15) is 10.1 Å². The predicted octanol–water partition coefficient (Wildman–Crippen LogP) is 2.00. The SMILES string of the molecule is Cc1cc(C)n(Cc2nc(-c3ccc(S(C)(=O)=O)cc3)no2)n1. The third-order valence-corrected chi connectivity index (χ3v) is 4.53. The number of aryl methyl sites for hydroxylation is 2. The first-order valence-electron chi connectivity index (χ1n) is 6.97. The van der Waals surface area contributed by atoms with E-state index >= 15 is 0 Å². The van der Waals surface area contributed by atoms with Crippen molar-refractivity contribution in [3.05, 3.63) is 47.6 Å². The van der Waals surface area contributed by atoms with Crippen LogP contribution < -0.4 is 0 Å². The van der Waals surface area contributed by atoms with Crippen LogP contribution in [0, 0.1) is 13.8 Å². The minimum Gasteiger partial charge on any atom is -0.337 e. The summed E-state index contributed by atoms with van der Waals surface area (Å²) in [6, 6.07) is 8.35. The molecule has 0 saturated carbocycles. The summed E-state index contributed by atoms with van der Waals surface area (Å²) in [5.74, 6) is 0.861. The monoisotopic (exact) mass is 332 g/mol. The number of rotatable bonds is 4. The second-order valence-corrected chi connectivity index (χ2v) is 7.41. The summed E-state index contributed by atoms with van der Waals surface area (Å²) in [7, 11) is -3.22. The molecule has 0 spiro atoms. The number of sulfone groups is 1. The molecule has 0 radical (unpaired) electrons. The molecule has 0 bridgehead atoms. The first-order chi connectivity index (χ1) is 10.8. The van der Waals surface area contributed by atoms with Crippen LogP contribution in [0.5, 0.6) is 0 Å². The van der Waals surface area contributed by atoms with Gasteiger partial charge in [0.2, 0.25) is 11.7 Å². The highest BCUT2D eigenvalue weighted by atomic mass is 32.2. The normalized spacial score (nSPS) is 11.8. The molecule has 120 valence electrons. The average molecular weight is 332 g/mol. The lowest BCUT2D eigenvalue weighted by molar-refractivity contribution is 0.364. The standard InChI is InChI=1S/C15H16N4O3S/c1-10-8-11(2)19(17-10)9-14-16-15(18-22-14)12-4-6-13(7-5-12)23(3,20)21/h4-8H,9H2,1-3H3. The number of hydrogen-bond donors (Lipinski definition) is 0. The minimum atomic E-state index is -3.22. The molecule has 2 heterocycles. The van der Waals surface area contributed by atoms with Crippen molar-refractivity contribution in [2.24, 2.45) is 0 Å². The number of aromatic nitrogens is 4. The van der Waals surface area contributed by atoms with E-state index in [1.165, 1.54) is 18.4 Å². The van der Waals surface area contributed by atoms with E-state index in [0.717, 1.165) is 11.4 Å². The van der Waals surface area contributed by atoms with Crippen LogP contribution in [-0.2, 0) is 16.4 Å². The Morgan fingerprint density at radius 1 is 1.17 bits per heavy atom. The van der Waals surface area contributed by atoms with Gasteiger partial charge in [0.1, 0.15) is 6.54 Å². The van der Waals surface area contributed by atoms with Gasteiger partial charge in [0.05, 0.1) is 10.6 Å². The molecule has 7 nitrogen and oxygen atoms in total. The van der Waals surface area contributed by atoms with E-state index in [4.69, 9.17) is 4.52 Å². The molecule has 0 atom stereocenters. The summed E-state index contributed by atoms with van der Waals surface area (Å²) >= 11 is 0. The van der Waals surface area contributed by atoms with Crippen LogP contribution in [0.2, 0.25) is 0 Å². The van der Waals surface area contributed by atoms with Crippen LogP contribution in [0.3, 0.4) is 0 Å². The van der Waals surface area contributed by atoms with Crippen molar-refractivity contribution in [1.29, 1.82) is 0 Å². The lowest BCUT2D eigenvalue weighted by atomic mass is 10.2. The highest BCUT2D eigenvalue weighted by Crippen LogP contribution is 2.19. The second-order valence-electron chi connectivity index (χ2n) is 5.39. The molecule has 1 aromatic carbocycles. The van der Waals surface area contributed by atoms with Gasteiger partial charge in [-0.3, -0.25) is 4.68 Å². The Morgan fingerprint density at radius 2 is 1.87 bits per heavy atom. The van der Waals surface area contributed by atoms with E-state index in [1.807, 2.05) is 19.9 Å². The van der Waals surface area contributed by atoms with E-state index in [2.05, 4.69) is 15.2 Å². The molecule has 0 aliphatic carbocycles. The van der Waals surface area contributed by atoms with Gasteiger partial charge in [-0.15, -0.1) is 0 Å². The van der Waals surface area contributed by atoms with Crippen molar-refractivity contribution in [3.8, 4) is 11.4 Å². The maximum Gasteiger partial charge on any atom is 0.248 e. The lowest BCUT2D eigenvalue weighted by Crippen LogP contribution is -2.04. The summed E-state index contributed by atoms with van der Waals surface area (Å²) in [5.41, 5.74) is 2.64. The lowest BCUT2D eigenvalue weighted by Gasteiger charge is -1.99. The fraction of sp³-hybridized carbons (Fsp3) is 0.267. The first kappa shape index (κ1) is 15.4. The van der Waals surface area contributed by atoms with E-state index in [1.54, 1.807) is 16.8 Å². The second kappa shape index (κ2) is 5.62. The van der Waals surface area contributed by atoms with E-state index in [9.17, 15) is 8.42 Å². The molecule has 0 saturated heterocycles. The molecular weight excluding hydrogens is 316 g/mol. The molecule has 0 N–H and O–H groups in total. The third kappa shape index (κ3) is 3.31. The number of nitrogens with zero attached hydrogens (tertiary/aromatic N) is 4. The highest BCUT2D eigenvalue weighted by Gasteiger charge is 2.12. The fourth-order valence-corrected chi connectivity index (χ4v) is 2.88. The molecule has 0 aliphatic rings. The molecule has 3 aromatic rings. The van der Waals surface area contributed by atoms with Gasteiger partial charge >= 0.3 is 0 Å². The largest absolute Gasteiger partial charge is 0.337 e. The Labute approximate surface area is 133 Å². The van der Waals surface area contributed by atoms with Gasteiger partial charge in [-0.05, 0) is 44.2 Å². The van der Waals surface area contributed by atoms with Crippen LogP contribution >= 0.6 is 0 Å². The first-order valence-corrected chi connectivity index (χ1v) is 8.86. The number of hydrogen-bond acceptors (Lipinski definition) is 6. The zero-order valence-corrected chi connectivity index (χ0v) is 13.8. The zero-order valence-electron chi connectivity index (χ0n) is 13.0. The van der Waals surface area contributed by atoms with Crippen LogP contribution in [0.1, 0.15) is 17.3 Å². The van der Waals surface area contributed by atoms with Crippen LogP contribution in [0.25, 0.3) is 11.4 Å². The van der Waals surface area contributed by atoms with Crippen molar-refractivity contribution < 1.29 is 12.9 Å². The van der Waals surface area contributed by atoms with Crippen LogP contribution in [0.4, 0.5) is 0 Å². The predicted molar refractivity (Wildman–Crippen MR) is 83.6 cm³/mol. The zero-order chi connectivity index (χ0) is 16.6. The summed E-state index contributed by atoms with van der Waals surface area (Å²) < 4.78 is 30.0. The van der Waals surface area contributed by atoms with Crippen LogP contribution in [0.15, 0.2) is 39.8 Å². The third-order valence-electron chi connectivity index (χ3n) is 3.40. The summed E-state index contributed by atoms with van der Waals surface area (Å²) in [5, 5.41) is 8.28. The van der Waals surface area contributed by atoms with Gasteiger partial charge in [0, 0.05) is 17.5 Å². The smallest absolute Gasteiger partial charge is 0.248 e. The Balaban J connectivity index is 1.83. The molecule has 0 fully saturated rings. The topological polar surface area (TPSA) is 90.9 Å². The van der Waals surface area contributed by atoms with Crippen molar-refractivity contribution in [1.82, 2.24) is 19.9 Å². The molecule has 0 amide bonds. The van der Waals surface area contributed by atoms with E-state index in [0.29, 0.717) is 23.8 Å². The van der Waals surface area contributed by atoms with Gasteiger partial charge in [-0.1, -0.05) is 5.16 Å². The van der Waals surface area contributed by atoms with Crippen molar-refractivity contribution in [3.63, 3.8) is 0 Å². The Hall–Kier alpha value is -2.48. The maximum absolute atomic E-state index is 11.5. The molecule has 0 aliphatic heterocycles. The Bertz CT molecular complexity index is 940. The highest BCUT2D eigenvalue weighted by molar-refractivity contribution is 7.90. The molecule has 0 unspecified atom stereocenters. The van der Waals surface area contributed by atoms with Gasteiger partial charge < -0.3 is 4.52 Å². The molecule has 3 rings (SSSR count). The average Bonchev–Trinajstić information content (AvgIpc) is 3.06. The van der Waals surface area contributed by atoms with Gasteiger partial charge in [0.15, 0.2) is 9.84 Å². The molecular formula is C15H16N4O3S. The molecule has 23 heavy (non-hydrogen) atoms. The van der Waals surface area contributed by atoms with Crippen molar-refractivity contribution in [2.45, 2.75) is 25.3 Å². The van der Waals surface area contributed by atoms with Gasteiger partial charge in [-0.25, -0.2) is 8.42 Å². The summed E-state index contributed by atoms with van der Waals surface area (Å²) in [6.45, 7) is 4.28. The quantitative estimate of drug-likeness (QED) is 0.726. The molecule has 8 heteroatoms. The van der Waals surface area contributed by atoms with Crippen molar-refractivity contribution in [2.75, 3.05) is 6.26 Å². The maximum atomic E-state index is 11.5. The van der Waals surface area contributed by atoms with E-state index in [-0.39, 0.29) is 4.90 Å². The Kier molecular flexibility index (Phi) is 3.77. The van der Waals surface area contributed by atoms with Crippen LogP contribution in [-0.4, -0.2) is 34.6 Å². The fourth-order valence-electron chi connectivity index (χ4n) is 2.25. The molecule has 2 aromatic heterocycles. The number of benzene rings is 1. The van der Waals surface area contributed by atoms with Gasteiger partial charge in [0.25, 0.3) is 0 Å². The minimum absolute atomic E-state index is 0.257. The van der Waals surface area contributed by atoms with Crippen molar-refractivity contribution >= 4 is 9.84 Å². The summed E-state index contributed by atoms with van der Waals surface area (Å²) in [6.07, 6.45) is 1.17.